The first-order chi connectivity index (χ1) is 8.00. The summed E-state index contributed by atoms with van der Waals surface area (Å²) in [7, 11) is 1.58. The molecular formula is C11H10F3N3. The van der Waals surface area contributed by atoms with Crippen LogP contribution in [-0.4, -0.2) is 16.6 Å². The number of benzene rings is 1. The zero-order chi connectivity index (χ0) is 12.5. The van der Waals surface area contributed by atoms with E-state index in [1.807, 2.05) is 0 Å². The lowest BCUT2D eigenvalue weighted by Gasteiger charge is -2.12. The minimum Gasteiger partial charge on any atom is -0.388 e. The molecular weight excluding hydrogens is 231 g/mol. The van der Waals surface area contributed by atoms with Crippen LogP contribution in [0, 0.1) is 0 Å². The summed E-state index contributed by atoms with van der Waals surface area (Å²) in [4.78, 5) is 3.81. The third-order valence-corrected chi connectivity index (χ3v) is 2.34. The minimum atomic E-state index is -4.36. The molecule has 1 aromatic carbocycles. The van der Waals surface area contributed by atoms with Gasteiger partial charge in [-0.1, -0.05) is 0 Å². The van der Waals surface area contributed by atoms with Gasteiger partial charge in [-0.3, -0.25) is 0 Å². The minimum absolute atomic E-state index is 0.406. The molecule has 1 heterocycles. The molecule has 6 heteroatoms. The number of imidazole rings is 1. The Morgan fingerprint density at radius 1 is 1.24 bits per heavy atom. The molecule has 0 bridgehead atoms. The van der Waals surface area contributed by atoms with Gasteiger partial charge in [-0.05, 0) is 18.2 Å². The monoisotopic (exact) mass is 241 g/mol. The highest BCUT2D eigenvalue weighted by molar-refractivity contribution is 5.54. The molecule has 0 amide bonds. The lowest BCUT2D eigenvalue weighted by molar-refractivity contribution is -0.137. The Morgan fingerprint density at radius 3 is 2.53 bits per heavy atom. The molecule has 0 saturated carbocycles. The number of anilines is 1. The van der Waals surface area contributed by atoms with E-state index >= 15 is 0 Å². The zero-order valence-corrected chi connectivity index (χ0v) is 8.99. The van der Waals surface area contributed by atoms with Crippen LogP contribution < -0.4 is 5.32 Å². The van der Waals surface area contributed by atoms with Crippen molar-refractivity contribution in [3.63, 3.8) is 0 Å². The first-order valence-electron chi connectivity index (χ1n) is 4.89. The lowest BCUT2D eigenvalue weighted by Crippen LogP contribution is -2.07. The van der Waals surface area contributed by atoms with E-state index in [1.165, 1.54) is 17.1 Å². The fourth-order valence-electron chi connectivity index (χ4n) is 1.48. The lowest BCUT2D eigenvalue weighted by atomic mass is 10.1. The first kappa shape index (κ1) is 11.5. The van der Waals surface area contributed by atoms with Crippen molar-refractivity contribution < 1.29 is 13.2 Å². The van der Waals surface area contributed by atoms with Gasteiger partial charge in [0.25, 0.3) is 0 Å². The van der Waals surface area contributed by atoms with Crippen molar-refractivity contribution in [2.24, 2.45) is 0 Å². The summed E-state index contributed by atoms with van der Waals surface area (Å²) in [6.07, 6.45) is 0.200. The average molecular weight is 241 g/mol. The van der Waals surface area contributed by atoms with Crippen LogP contribution in [0.15, 0.2) is 36.9 Å². The van der Waals surface area contributed by atoms with Crippen LogP contribution in [0.2, 0.25) is 0 Å². The Morgan fingerprint density at radius 2 is 2.00 bits per heavy atom. The maximum atomic E-state index is 12.7. The van der Waals surface area contributed by atoms with Crippen molar-refractivity contribution in [3.8, 4) is 5.69 Å². The van der Waals surface area contributed by atoms with Crippen LogP contribution in [0.1, 0.15) is 5.56 Å². The topological polar surface area (TPSA) is 29.9 Å². The number of aromatic nitrogens is 2. The summed E-state index contributed by atoms with van der Waals surface area (Å²) < 4.78 is 39.5. The normalized spacial score (nSPS) is 11.5. The van der Waals surface area contributed by atoms with Crippen molar-refractivity contribution in [1.29, 1.82) is 0 Å². The summed E-state index contributed by atoms with van der Waals surface area (Å²) >= 11 is 0. The largest absolute Gasteiger partial charge is 0.416 e. The second-order valence-corrected chi connectivity index (χ2v) is 3.49. The predicted octanol–water partition coefficient (Wildman–Crippen LogP) is 2.93. The summed E-state index contributed by atoms with van der Waals surface area (Å²) in [5, 5.41) is 2.71. The SMILES string of the molecule is CNc1cc(-n2ccnc2)cc(C(F)(F)F)c1. The summed E-state index contributed by atoms with van der Waals surface area (Å²) in [6.45, 7) is 0. The average Bonchev–Trinajstić information content (AvgIpc) is 2.80. The van der Waals surface area contributed by atoms with Gasteiger partial charge < -0.3 is 9.88 Å². The Bertz CT molecular complexity index is 503. The van der Waals surface area contributed by atoms with Gasteiger partial charge in [-0.15, -0.1) is 0 Å². The van der Waals surface area contributed by atoms with Gasteiger partial charge >= 0.3 is 6.18 Å². The van der Waals surface area contributed by atoms with Crippen molar-refractivity contribution in [2.45, 2.75) is 6.18 Å². The maximum absolute atomic E-state index is 12.7. The molecule has 3 nitrogen and oxygen atoms in total. The fourth-order valence-corrected chi connectivity index (χ4v) is 1.48. The first-order valence-corrected chi connectivity index (χ1v) is 4.89. The van der Waals surface area contributed by atoms with Crippen LogP contribution in [-0.2, 0) is 6.18 Å². The molecule has 2 aromatic rings. The van der Waals surface area contributed by atoms with Gasteiger partial charge in [0.05, 0.1) is 11.9 Å². The number of hydrogen-bond acceptors (Lipinski definition) is 2. The second-order valence-electron chi connectivity index (χ2n) is 3.49. The van der Waals surface area contributed by atoms with Gasteiger partial charge in [-0.25, -0.2) is 4.98 Å². The molecule has 0 fully saturated rings. The number of alkyl halides is 3. The molecule has 2 rings (SSSR count). The zero-order valence-electron chi connectivity index (χ0n) is 8.99. The molecule has 0 radical (unpaired) electrons. The molecule has 0 unspecified atom stereocenters. The number of hydrogen-bond donors (Lipinski definition) is 1. The van der Waals surface area contributed by atoms with Gasteiger partial charge in [0.15, 0.2) is 0 Å². The van der Waals surface area contributed by atoms with Gasteiger partial charge in [-0.2, -0.15) is 13.2 Å². The number of halogens is 3. The molecule has 0 aliphatic carbocycles. The third-order valence-electron chi connectivity index (χ3n) is 2.34. The smallest absolute Gasteiger partial charge is 0.388 e. The number of nitrogens with zero attached hydrogens (tertiary/aromatic N) is 2. The number of rotatable bonds is 2. The van der Waals surface area contributed by atoms with Gasteiger partial charge in [0.1, 0.15) is 0 Å². The van der Waals surface area contributed by atoms with E-state index < -0.39 is 11.7 Å². The van der Waals surface area contributed by atoms with E-state index in [-0.39, 0.29) is 0 Å². The van der Waals surface area contributed by atoms with Crippen molar-refractivity contribution >= 4 is 5.69 Å². The van der Waals surface area contributed by atoms with Crippen molar-refractivity contribution in [1.82, 2.24) is 9.55 Å². The molecule has 0 aliphatic rings. The van der Waals surface area contributed by atoms with E-state index in [4.69, 9.17) is 0 Å². The summed E-state index contributed by atoms with van der Waals surface area (Å²) in [5.41, 5.74) is 0.137. The van der Waals surface area contributed by atoms with Gasteiger partial charge in [0, 0.05) is 30.8 Å². The predicted molar refractivity (Wildman–Crippen MR) is 58.1 cm³/mol. The molecule has 0 spiro atoms. The van der Waals surface area contributed by atoms with Crippen molar-refractivity contribution in [2.75, 3.05) is 12.4 Å². The Balaban J connectivity index is 2.54. The van der Waals surface area contributed by atoms with E-state index in [0.717, 1.165) is 12.1 Å². The quantitative estimate of drug-likeness (QED) is 0.876. The molecule has 0 saturated heterocycles. The van der Waals surface area contributed by atoms with Crippen LogP contribution >= 0.6 is 0 Å². The molecule has 1 aromatic heterocycles. The Hall–Kier alpha value is -1.98. The molecule has 0 aliphatic heterocycles. The van der Waals surface area contributed by atoms with E-state index in [2.05, 4.69) is 10.3 Å². The highest BCUT2D eigenvalue weighted by Crippen LogP contribution is 2.32. The summed E-state index contributed by atoms with van der Waals surface area (Å²) in [5.74, 6) is 0. The second kappa shape index (κ2) is 4.12. The fraction of sp³-hybridized carbons (Fsp3) is 0.182. The summed E-state index contributed by atoms with van der Waals surface area (Å²) in [6, 6.07) is 3.78. The molecule has 90 valence electrons. The van der Waals surface area contributed by atoms with Crippen LogP contribution in [0.3, 0.4) is 0 Å². The van der Waals surface area contributed by atoms with Crippen molar-refractivity contribution in [3.05, 3.63) is 42.5 Å². The van der Waals surface area contributed by atoms with E-state index in [0.29, 0.717) is 11.4 Å². The molecule has 1 N–H and O–H groups in total. The highest BCUT2D eigenvalue weighted by atomic mass is 19.4. The van der Waals surface area contributed by atoms with Crippen LogP contribution in [0.5, 0.6) is 0 Å². The molecule has 17 heavy (non-hydrogen) atoms. The highest BCUT2D eigenvalue weighted by Gasteiger charge is 2.31. The number of nitrogens with one attached hydrogen (secondary N) is 1. The van der Waals surface area contributed by atoms with Crippen LogP contribution in [0.25, 0.3) is 5.69 Å². The van der Waals surface area contributed by atoms with Gasteiger partial charge in [0.2, 0.25) is 0 Å². The Kier molecular flexibility index (Phi) is 2.79. The van der Waals surface area contributed by atoms with E-state index in [9.17, 15) is 13.2 Å². The van der Waals surface area contributed by atoms with Crippen LogP contribution in [0.4, 0.5) is 18.9 Å². The standard InChI is InChI=1S/C11H10F3N3/c1-15-9-4-8(11(12,13)14)5-10(6-9)17-3-2-16-7-17/h2-7,15H,1H3. The third kappa shape index (κ3) is 2.41. The maximum Gasteiger partial charge on any atom is 0.416 e. The van der Waals surface area contributed by atoms with E-state index in [1.54, 1.807) is 19.3 Å². The Labute approximate surface area is 95.9 Å². The molecule has 0 atom stereocenters.